The molecule has 0 bridgehead atoms. The molecule has 2 aliphatic heterocycles. The number of ether oxygens (including phenoxy) is 3. The summed E-state index contributed by atoms with van der Waals surface area (Å²) >= 11 is 0. The maximum Gasteiger partial charge on any atom is 0.428 e. The lowest BCUT2D eigenvalue weighted by Gasteiger charge is -2.29. The molecular weight excluding hydrogens is 241 g/mol. The van der Waals surface area contributed by atoms with Crippen LogP contribution in [0.4, 0.5) is 13.2 Å². The zero-order valence-corrected chi connectivity index (χ0v) is 9.25. The summed E-state index contributed by atoms with van der Waals surface area (Å²) in [6.07, 6.45) is -5.67. The van der Waals surface area contributed by atoms with Crippen LogP contribution in [0, 0.1) is 5.92 Å². The van der Waals surface area contributed by atoms with Crippen LogP contribution in [0.1, 0.15) is 19.8 Å². The highest BCUT2D eigenvalue weighted by Crippen LogP contribution is 2.49. The van der Waals surface area contributed by atoms with Crippen LogP contribution in [0.5, 0.6) is 0 Å². The Kier molecular flexibility index (Phi) is 3.07. The number of carbonyl (C=O) groups is 1. The zero-order chi connectivity index (χ0) is 12.7. The van der Waals surface area contributed by atoms with Gasteiger partial charge in [0.15, 0.2) is 6.29 Å². The molecule has 2 fully saturated rings. The molecule has 98 valence electrons. The molecule has 4 nitrogen and oxygen atoms in total. The summed E-state index contributed by atoms with van der Waals surface area (Å²) in [6, 6.07) is 0. The summed E-state index contributed by atoms with van der Waals surface area (Å²) in [4.78, 5) is 11.5. The van der Waals surface area contributed by atoms with E-state index in [-0.39, 0.29) is 12.5 Å². The van der Waals surface area contributed by atoms with Gasteiger partial charge >= 0.3 is 12.1 Å². The highest BCUT2D eigenvalue weighted by molar-refractivity contribution is 5.81. The summed E-state index contributed by atoms with van der Waals surface area (Å²) in [7, 11) is 0. The van der Waals surface area contributed by atoms with Crippen molar-refractivity contribution in [3.63, 3.8) is 0 Å². The molecule has 3 atom stereocenters. The number of alkyl halides is 3. The van der Waals surface area contributed by atoms with Crippen molar-refractivity contribution < 1.29 is 32.2 Å². The number of hydrogen-bond acceptors (Lipinski definition) is 4. The van der Waals surface area contributed by atoms with E-state index in [9.17, 15) is 18.0 Å². The first kappa shape index (κ1) is 12.6. The fourth-order valence-electron chi connectivity index (χ4n) is 2.23. The molecule has 2 aliphatic rings. The number of fused-ring (bicyclic) bond motifs is 1. The van der Waals surface area contributed by atoms with Gasteiger partial charge in [0.05, 0.1) is 13.2 Å². The molecule has 0 unspecified atom stereocenters. The van der Waals surface area contributed by atoms with Crippen molar-refractivity contribution in [1.82, 2.24) is 0 Å². The first-order valence-electron chi connectivity index (χ1n) is 5.44. The Bertz CT molecular complexity index is 303. The standard InChI is InChI=1S/C10H13F3O4/c1-2-15-8(14)9(10(11,12)13)5-6-3-4-16-7(6)17-9/h6-7H,2-5H2,1H3/t6-,7+,9-/m1/s1. The molecule has 17 heavy (non-hydrogen) atoms. The van der Waals surface area contributed by atoms with Crippen LogP contribution >= 0.6 is 0 Å². The van der Waals surface area contributed by atoms with Gasteiger partial charge in [-0.05, 0) is 13.3 Å². The van der Waals surface area contributed by atoms with Crippen LogP contribution in [0.15, 0.2) is 0 Å². The Hall–Kier alpha value is -0.820. The van der Waals surface area contributed by atoms with Crippen molar-refractivity contribution in [2.45, 2.75) is 37.8 Å². The molecule has 0 N–H and O–H groups in total. The summed E-state index contributed by atoms with van der Waals surface area (Å²) in [5, 5.41) is 0. The van der Waals surface area contributed by atoms with E-state index in [0.29, 0.717) is 13.0 Å². The van der Waals surface area contributed by atoms with E-state index in [0.717, 1.165) is 0 Å². The van der Waals surface area contributed by atoms with E-state index in [1.54, 1.807) is 0 Å². The molecule has 2 rings (SSSR count). The van der Waals surface area contributed by atoms with E-state index in [1.807, 2.05) is 0 Å². The number of hydrogen-bond donors (Lipinski definition) is 0. The summed E-state index contributed by atoms with van der Waals surface area (Å²) in [5.74, 6) is -1.76. The largest absolute Gasteiger partial charge is 0.464 e. The summed E-state index contributed by atoms with van der Waals surface area (Å²) in [6.45, 7) is 1.70. The Morgan fingerprint density at radius 3 is 2.76 bits per heavy atom. The van der Waals surface area contributed by atoms with Crippen LogP contribution < -0.4 is 0 Å². The molecule has 2 saturated heterocycles. The second kappa shape index (κ2) is 4.13. The van der Waals surface area contributed by atoms with Gasteiger partial charge in [0.2, 0.25) is 0 Å². The minimum Gasteiger partial charge on any atom is -0.464 e. The molecule has 7 heteroatoms. The van der Waals surface area contributed by atoms with Gasteiger partial charge in [-0.25, -0.2) is 4.79 Å². The van der Waals surface area contributed by atoms with Crippen molar-refractivity contribution in [3.8, 4) is 0 Å². The predicted molar refractivity (Wildman–Crippen MR) is 49.0 cm³/mol. The van der Waals surface area contributed by atoms with Crippen LogP contribution in [0.25, 0.3) is 0 Å². The van der Waals surface area contributed by atoms with Gasteiger partial charge in [-0.1, -0.05) is 0 Å². The van der Waals surface area contributed by atoms with Gasteiger partial charge < -0.3 is 14.2 Å². The van der Waals surface area contributed by atoms with Gasteiger partial charge in [0.25, 0.3) is 5.60 Å². The molecule has 2 heterocycles. The van der Waals surface area contributed by atoms with E-state index in [1.165, 1.54) is 6.92 Å². The molecule has 0 aromatic rings. The maximum atomic E-state index is 13.0. The van der Waals surface area contributed by atoms with Gasteiger partial charge in [0.1, 0.15) is 0 Å². The number of halogens is 3. The average Bonchev–Trinajstić information content (AvgIpc) is 2.73. The molecule has 0 amide bonds. The van der Waals surface area contributed by atoms with Crippen molar-refractivity contribution in [1.29, 1.82) is 0 Å². The minimum atomic E-state index is -4.78. The fraction of sp³-hybridized carbons (Fsp3) is 0.900. The minimum absolute atomic E-state index is 0.115. The molecule has 0 aromatic heterocycles. The van der Waals surface area contributed by atoms with Crippen molar-refractivity contribution in [2.24, 2.45) is 5.92 Å². The molecule has 0 aliphatic carbocycles. The SMILES string of the molecule is CCOC(=O)[C@@]1(C(F)(F)F)C[C@H]2CCO[C@H]2O1. The van der Waals surface area contributed by atoms with Crippen LogP contribution in [0.2, 0.25) is 0 Å². The van der Waals surface area contributed by atoms with Crippen molar-refractivity contribution >= 4 is 5.97 Å². The predicted octanol–water partition coefficient (Wildman–Crippen LogP) is 1.63. The number of carbonyl (C=O) groups excluding carboxylic acids is 1. The lowest BCUT2D eigenvalue weighted by Crippen LogP contribution is -2.53. The second-order valence-corrected chi connectivity index (χ2v) is 4.16. The van der Waals surface area contributed by atoms with Gasteiger partial charge in [-0.15, -0.1) is 0 Å². The van der Waals surface area contributed by atoms with Crippen LogP contribution in [-0.4, -0.2) is 37.3 Å². The molecular formula is C10H13F3O4. The number of rotatable bonds is 2. The van der Waals surface area contributed by atoms with Crippen molar-refractivity contribution in [3.05, 3.63) is 0 Å². The Morgan fingerprint density at radius 2 is 2.24 bits per heavy atom. The van der Waals surface area contributed by atoms with E-state index in [4.69, 9.17) is 9.47 Å². The zero-order valence-electron chi connectivity index (χ0n) is 9.25. The lowest BCUT2D eigenvalue weighted by molar-refractivity contribution is -0.291. The molecule has 0 saturated carbocycles. The van der Waals surface area contributed by atoms with E-state index in [2.05, 4.69) is 4.74 Å². The monoisotopic (exact) mass is 254 g/mol. The highest BCUT2D eigenvalue weighted by Gasteiger charge is 2.69. The third-order valence-electron chi connectivity index (χ3n) is 3.09. The van der Waals surface area contributed by atoms with Crippen LogP contribution in [0.3, 0.4) is 0 Å². The quantitative estimate of drug-likeness (QED) is 0.703. The Labute approximate surface area is 96.0 Å². The van der Waals surface area contributed by atoms with Crippen molar-refractivity contribution in [2.75, 3.05) is 13.2 Å². The first-order valence-corrected chi connectivity index (χ1v) is 5.44. The normalized spacial score (nSPS) is 36.9. The molecule has 0 radical (unpaired) electrons. The van der Waals surface area contributed by atoms with Gasteiger partial charge in [0, 0.05) is 12.3 Å². The summed E-state index contributed by atoms with van der Waals surface area (Å²) in [5.41, 5.74) is -2.85. The molecule has 0 spiro atoms. The second-order valence-electron chi connectivity index (χ2n) is 4.16. The van der Waals surface area contributed by atoms with E-state index >= 15 is 0 Å². The third-order valence-corrected chi connectivity index (χ3v) is 3.09. The fourth-order valence-corrected chi connectivity index (χ4v) is 2.23. The summed E-state index contributed by atoms with van der Waals surface area (Å²) < 4.78 is 53.4. The topological polar surface area (TPSA) is 44.8 Å². The number of esters is 1. The highest BCUT2D eigenvalue weighted by atomic mass is 19.4. The maximum absolute atomic E-state index is 13.0. The van der Waals surface area contributed by atoms with Crippen LogP contribution in [-0.2, 0) is 19.0 Å². The average molecular weight is 254 g/mol. The Balaban J connectivity index is 2.24. The Morgan fingerprint density at radius 1 is 1.53 bits per heavy atom. The third kappa shape index (κ3) is 1.91. The van der Waals surface area contributed by atoms with Gasteiger partial charge in [-0.2, -0.15) is 13.2 Å². The lowest BCUT2D eigenvalue weighted by atomic mass is 9.92. The first-order chi connectivity index (χ1) is 7.90. The van der Waals surface area contributed by atoms with E-state index < -0.39 is 30.5 Å². The smallest absolute Gasteiger partial charge is 0.428 e. The van der Waals surface area contributed by atoms with Gasteiger partial charge in [-0.3, -0.25) is 0 Å². The molecule has 0 aromatic carbocycles.